The number of hydrogen-bond acceptors (Lipinski definition) is 4. The van der Waals surface area contributed by atoms with Crippen LogP contribution in [0.1, 0.15) is 37.0 Å². The summed E-state index contributed by atoms with van der Waals surface area (Å²) >= 11 is 3.56. The molecule has 1 rings (SSSR count). The van der Waals surface area contributed by atoms with Gasteiger partial charge in [0.25, 0.3) is 0 Å². The van der Waals surface area contributed by atoms with Crippen LogP contribution in [-0.4, -0.2) is 32.1 Å². The van der Waals surface area contributed by atoms with E-state index in [1.165, 1.54) is 7.11 Å². The fourth-order valence-corrected chi connectivity index (χ4v) is 2.90. The van der Waals surface area contributed by atoms with Gasteiger partial charge in [-0.1, -0.05) is 29.8 Å². The highest BCUT2D eigenvalue weighted by molar-refractivity contribution is 9.09. The van der Waals surface area contributed by atoms with E-state index in [-0.39, 0.29) is 5.41 Å². The Morgan fingerprint density at radius 1 is 1.24 bits per heavy atom. The number of carbonyl (C=O) groups is 1. The Morgan fingerprint density at radius 3 is 2.38 bits per heavy atom. The zero-order valence-corrected chi connectivity index (χ0v) is 14.7. The molecule has 118 valence electrons. The van der Waals surface area contributed by atoms with E-state index in [4.69, 9.17) is 14.2 Å². The minimum Gasteiger partial charge on any atom is -0.497 e. The van der Waals surface area contributed by atoms with Crippen LogP contribution in [0.2, 0.25) is 0 Å². The minimum absolute atomic E-state index is 0.0520. The van der Waals surface area contributed by atoms with Crippen molar-refractivity contribution in [1.82, 2.24) is 0 Å². The smallest absolute Gasteiger partial charge is 0.341 e. The number of ether oxygens (including phenoxy) is 3. The van der Waals surface area contributed by atoms with Crippen LogP contribution in [-0.2, 0) is 4.74 Å². The van der Waals surface area contributed by atoms with Crippen molar-refractivity contribution in [1.29, 1.82) is 0 Å². The Balaban J connectivity index is 3.02. The van der Waals surface area contributed by atoms with Gasteiger partial charge in [-0.2, -0.15) is 0 Å². The molecular weight excluding hydrogens is 336 g/mol. The zero-order valence-electron chi connectivity index (χ0n) is 13.1. The van der Waals surface area contributed by atoms with Crippen LogP contribution in [0.4, 0.5) is 0 Å². The summed E-state index contributed by atoms with van der Waals surface area (Å²) in [5.74, 6) is 0.730. The van der Waals surface area contributed by atoms with Gasteiger partial charge in [0.15, 0.2) is 0 Å². The van der Waals surface area contributed by atoms with Crippen molar-refractivity contribution < 1.29 is 19.0 Å². The first-order chi connectivity index (χ1) is 10.1. The highest BCUT2D eigenvalue weighted by Gasteiger charge is 2.27. The first-order valence-electron chi connectivity index (χ1n) is 7.01. The van der Waals surface area contributed by atoms with Crippen molar-refractivity contribution in [2.45, 2.75) is 26.7 Å². The monoisotopic (exact) mass is 358 g/mol. The first kappa shape index (κ1) is 17.8. The summed E-state index contributed by atoms with van der Waals surface area (Å²) in [6.45, 7) is 4.81. The second-order valence-corrected chi connectivity index (χ2v) is 5.54. The topological polar surface area (TPSA) is 44.8 Å². The number of esters is 1. The number of methoxy groups -OCH3 is 2. The molecule has 0 spiro atoms. The lowest BCUT2D eigenvalue weighted by atomic mass is 9.86. The Morgan fingerprint density at radius 2 is 1.90 bits per heavy atom. The highest BCUT2D eigenvalue weighted by atomic mass is 79.9. The molecule has 21 heavy (non-hydrogen) atoms. The van der Waals surface area contributed by atoms with Crippen molar-refractivity contribution in [3.63, 3.8) is 0 Å². The third-order valence-electron chi connectivity index (χ3n) is 3.91. The summed E-state index contributed by atoms with van der Waals surface area (Å²) < 4.78 is 15.9. The molecule has 0 bridgehead atoms. The number of alkyl halides is 1. The second-order valence-electron chi connectivity index (χ2n) is 4.98. The average Bonchev–Trinajstić information content (AvgIpc) is 2.55. The molecule has 0 aliphatic carbocycles. The molecule has 0 radical (unpaired) electrons. The molecule has 0 heterocycles. The maximum absolute atomic E-state index is 11.8. The maximum Gasteiger partial charge on any atom is 0.341 e. The second kappa shape index (κ2) is 8.27. The van der Waals surface area contributed by atoms with Crippen molar-refractivity contribution >= 4 is 21.9 Å². The SMILES string of the molecule is CCC(CC)(CBr)COc1cc(OC)ccc1C(=O)OC. The fourth-order valence-electron chi connectivity index (χ4n) is 1.94. The molecule has 5 heteroatoms. The molecule has 0 unspecified atom stereocenters. The largest absolute Gasteiger partial charge is 0.497 e. The predicted molar refractivity (Wildman–Crippen MR) is 86.6 cm³/mol. The van der Waals surface area contributed by atoms with Gasteiger partial charge in [-0.25, -0.2) is 4.79 Å². The fraction of sp³-hybridized carbons (Fsp3) is 0.562. The molecule has 0 amide bonds. The predicted octanol–water partition coefficient (Wildman–Crippen LogP) is 4.06. The number of halogens is 1. The number of hydrogen-bond donors (Lipinski definition) is 0. The van der Waals surface area contributed by atoms with E-state index in [9.17, 15) is 4.79 Å². The summed E-state index contributed by atoms with van der Waals surface area (Å²) in [5.41, 5.74) is 0.463. The average molecular weight is 359 g/mol. The molecule has 0 aromatic heterocycles. The van der Waals surface area contributed by atoms with E-state index in [0.29, 0.717) is 23.7 Å². The van der Waals surface area contributed by atoms with E-state index < -0.39 is 5.97 Å². The third kappa shape index (κ3) is 4.37. The van der Waals surface area contributed by atoms with Gasteiger partial charge in [-0.15, -0.1) is 0 Å². The van der Waals surface area contributed by atoms with E-state index in [1.54, 1.807) is 25.3 Å². The van der Waals surface area contributed by atoms with E-state index in [2.05, 4.69) is 29.8 Å². The maximum atomic E-state index is 11.8. The number of rotatable bonds is 8. The van der Waals surface area contributed by atoms with E-state index >= 15 is 0 Å². The number of carbonyl (C=O) groups excluding carboxylic acids is 1. The molecule has 0 aliphatic heterocycles. The van der Waals surface area contributed by atoms with Gasteiger partial charge in [-0.05, 0) is 25.0 Å². The van der Waals surface area contributed by atoms with Crippen LogP contribution < -0.4 is 9.47 Å². The molecule has 0 atom stereocenters. The molecule has 4 nitrogen and oxygen atoms in total. The van der Waals surface area contributed by atoms with Crippen molar-refractivity contribution in [3.8, 4) is 11.5 Å². The Kier molecular flexibility index (Phi) is 7.02. The quantitative estimate of drug-likeness (QED) is 0.519. The summed E-state index contributed by atoms with van der Waals surface area (Å²) in [4.78, 5) is 11.8. The lowest BCUT2D eigenvalue weighted by molar-refractivity contribution is 0.0592. The Bertz CT molecular complexity index is 461. The van der Waals surface area contributed by atoms with E-state index in [1.807, 2.05) is 0 Å². The molecule has 0 aliphatic rings. The molecule has 0 saturated heterocycles. The van der Waals surface area contributed by atoms with Crippen molar-refractivity contribution in [2.24, 2.45) is 5.41 Å². The van der Waals surface area contributed by atoms with Gasteiger partial charge < -0.3 is 14.2 Å². The van der Waals surface area contributed by atoms with Gasteiger partial charge in [0, 0.05) is 16.8 Å². The third-order valence-corrected chi connectivity index (χ3v) is 5.10. The van der Waals surface area contributed by atoms with Gasteiger partial charge in [0.2, 0.25) is 0 Å². The summed E-state index contributed by atoms with van der Waals surface area (Å²) in [5, 5.41) is 0.852. The molecular formula is C16H23BrO4. The lowest BCUT2D eigenvalue weighted by Gasteiger charge is -2.29. The normalized spacial score (nSPS) is 11.1. The van der Waals surface area contributed by atoms with Gasteiger partial charge in [0.1, 0.15) is 17.1 Å². The van der Waals surface area contributed by atoms with Crippen molar-refractivity contribution in [2.75, 3.05) is 26.2 Å². The number of benzene rings is 1. The van der Waals surface area contributed by atoms with Gasteiger partial charge in [0.05, 0.1) is 20.8 Å². The van der Waals surface area contributed by atoms with Crippen molar-refractivity contribution in [3.05, 3.63) is 23.8 Å². The summed E-state index contributed by atoms with van der Waals surface area (Å²) in [6.07, 6.45) is 1.98. The Labute approximate surface area is 134 Å². The van der Waals surface area contributed by atoms with Gasteiger partial charge >= 0.3 is 5.97 Å². The van der Waals surface area contributed by atoms with Crippen LogP contribution in [0.3, 0.4) is 0 Å². The first-order valence-corrected chi connectivity index (χ1v) is 8.13. The molecule has 0 N–H and O–H groups in total. The van der Waals surface area contributed by atoms with Gasteiger partial charge in [-0.3, -0.25) is 0 Å². The van der Waals surface area contributed by atoms with Crippen LogP contribution in [0.5, 0.6) is 11.5 Å². The molecule has 0 fully saturated rings. The van der Waals surface area contributed by atoms with Crippen LogP contribution in [0.15, 0.2) is 18.2 Å². The van der Waals surface area contributed by atoms with Crippen LogP contribution in [0, 0.1) is 5.41 Å². The standard InChI is InChI=1S/C16H23BrO4/c1-5-16(6-2,10-17)11-21-14-9-12(19-3)7-8-13(14)15(18)20-4/h7-9H,5-6,10-11H2,1-4H3. The van der Waals surface area contributed by atoms with Crippen LogP contribution >= 0.6 is 15.9 Å². The summed E-state index contributed by atoms with van der Waals surface area (Å²) in [6, 6.07) is 5.10. The molecule has 0 saturated carbocycles. The summed E-state index contributed by atoms with van der Waals surface area (Å²) in [7, 11) is 2.94. The van der Waals surface area contributed by atoms with E-state index in [0.717, 1.165) is 18.2 Å². The Hall–Kier alpha value is -1.23. The molecule has 1 aromatic carbocycles. The molecule has 1 aromatic rings. The highest BCUT2D eigenvalue weighted by Crippen LogP contribution is 2.32. The zero-order chi connectivity index (χ0) is 15.9. The van der Waals surface area contributed by atoms with Crippen LogP contribution in [0.25, 0.3) is 0 Å². The lowest BCUT2D eigenvalue weighted by Crippen LogP contribution is -2.29. The minimum atomic E-state index is -0.412.